The summed E-state index contributed by atoms with van der Waals surface area (Å²) in [4.78, 5) is 32.8. The molecule has 1 aliphatic rings. The minimum atomic E-state index is -4.74. The van der Waals surface area contributed by atoms with E-state index in [0.29, 0.717) is 48.6 Å². The number of thiophene rings is 1. The summed E-state index contributed by atoms with van der Waals surface area (Å²) in [6.07, 6.45) is -2.76. The minimum Gasteiger partial charge on any atom is -0.477 e. The lowest BCUT2D eigenvalue weighted by Crippen LogP contribution is -2.44. The number of carboxylic acid groups (broad SMARTS) is 1. The number of hydrogen-bond acceptors (Lipinski definition) is 9. The van der Waals surface area contributed by atoms with Gasteiger partial charge in [-0.2, -0.15) is 13.2 Å². The molecule has 1 aromatic carbocycles. The number of carbonyl (C=O) groups excluding carboxylic acids is 1. The van der Waals surface area contributed by atoms with Gasteiger partial charge in [-0.25, -0.2) is 9.78 Å². The number of fused-ring (bicyclic) bond motifs is 1. The molecule has 226 valence electrons. The molecule has 14 heteroatoms. The summed E-state index contributed by atoms with van der Waals surface area (Å²) in [6.45, 7) is 2.51. The molecular formula is C29H29F3N6O4S. The standard InChI is InChI=1S/C29H29F3N6O4S/c1-15(39)36-19-4-2-3-16(11-19)17-5-6-21(35-13-17)22(40)14-34-18-7-9-38(10-8-18)23-12-20(29(30,31)32)24-25(33)26(28(41)42)43-27(24)37-23/h2-6,11-13,18,22,34,40H,7-10,14,33H2,1H3,(H,36,39)(H,41,42). The molecule has 4 heterocycles. The van der Waals surface area contributed by atoms with E-state index in [1.54, 1.807) is 23.2 Å². The lowest BCUT2D eigenvalue weighted by Gasteiger charge is -2.34. The molecule has 0 saturated carbocycles. The van der Waals surface area contributed by atoms with Crippen LogP contribution >= 0.6 is 11.3 Å². The van der Waals surface area contributed by atoms with E-state index in [-0.39, 0.29) is 39.4 Å². The van der Waals surface area contributed by atoms with Gasteiger partial charge in [0.05, 0.1) is 16.9 Å². The van der Waals surface area contributed by atoms with Crippen molar-refractivity contribution in [1.29, 1.82) is 0 Å². The minimum absolute atomic E-state index is 0.0171. The van der Waals surface area contributed by atoms with Crippen molar-refractivity contribution < 1.29 is 33.0 Å². The van der Waals surface area contributed by atoms with Gasteiger partial charge in [0.2, 0.25) is 5.91 Å². The molecule has 0 spiro atoms. The monoisotopic (exact) mass is 614 g/mol. The Labute approximate surface area is 248 Å². The third-order valence-corrected chi connectivity index (χ3v) is 8.34. The first kappa shape index (κ1) is 30.2. The van der Waals surface area contributed by atoms with Crippen molar-refractivity contribution >= 4 is 50.6 Å². The molecule has 0 bridgehead atoms. The number of aliphatic hydroxyl groups is 1. The summed E-state index contributed by atoms with van der Waals surface area (Å²) in [5.74, 6) is -1.45. The number of nitrogens with zero attached hydrogens (tertiary/aromatic N) is 3. The number of benzene rings is 1. The van der Waals surface area contributed by atoms with Crippen LogP contribution in [0.1, 0.15) is 46.8 Å². The normalized spacial score (nSPS) is 15.0. The number of nitrogen functional groups attached to an aromatic ring is 1. The second-order valence-corrected chi connectivity index (χ2v) is 11.3. The number of nitrogens with two attached hydrogens (primary N) is 1. The van der Waals surface area contributed by atoms with Gasteiger partial charge in [0.25, 0.3) is 0 Å². The number of piperidine rings is 1. The van der Waals surface area contributed by atoms with Crippen LogP contribution in [0.15, 0.2) is 48.7 Å². The maximum Gasteiger partial charge on any atom is 0.417 e. The van der Waals surface area contributed by atoms with E-state index in [9.17, 15) is 33.0 Å². The molecule has 1 aliphatic heterocycles. The number of aromatic nitrogens is 2. The van der Waals surface area contributed by atoms with Crippen LogP contribution in [0.25, 0.3) is 21.3 Å². The Bertz CT molecular complexity index is 1650. The Balaban J connectivity index is 1.20. The molecule has 1 unspecified atom stereocenters. The van der Waals surface area contributed by atoms with E-state index in [0.717, 1.165) is 17.2 Å². The summed E-state index contributed by atoms with van der Waals surface area (Å²) in [5.41, 5.74) is 7.18. The molecule has 10 nitrogen and oxygen atoms in total. The van der Waals surface area contributed by atoms with Gasteiger partial charge >= 0.3 is 12.1 Å². The third kappa shape index (κ3) is 6.71. The van der Waals surface area contributed by atoms with E-state index < -0.39 is 29.5 Å². The Morgan fingerprint density at radius 1 is 1.16 bits per heavy atom. The Morgan fingerprint density at radius 3 is 2.53 bits per heavy atom. The van der Waals surface area contributed by atoms with Crippen molar-refractivity contribution in [2.24, 2.45) is 0 Å². The number of pyridine rings is 2. The van der Waals surface area contributed by atoms with E-state index in [1.807, 2.05) is 24.3 Å². The number of halogens is 3. The number of amides is 1. The molecule has 3 aromatic heterocycles. The molecular weight excluding hydrogens is 585 g/mol. The number of carboxylic acids is 1. The zero-order chi connectivity index (χ0) is 30.9. The molecule has 0 radical (unpaired) electrons. The average Bonchev–Trinajstić information content (AvgIpc) is 3.31. The van der Waals surface area contributed by atoms with Crippen LogP contribution in [0, 0.1) is 0 Å². The van der Waals surface area contributed by atoms with Gasteiger partial charge in [0.15, 0.2) is 0 Å². The van der Waals surface area contributed by atoms with Gasteiger partial charge in [0, 0.05) is 55.4 Å². The Kier molecular flexibility index (Phi) is 8.53. The quantitative estimate of drug-likeness (QED) is 0.186. The van der Waals surface area contributed by atoms with Gasteiger partial charge in [-0.15, -0.1) is 11.3 Å². The summed E-state index contributed by atoms with van der Waals surface area (Å²) >= 11 is 0.629. The summed E-state index contributed by atoms with van der Waals surface area (Å²) < 4.78 is 41.7. The SMILES string of the molecule is CC(=O)Nc1cccc(-c2ccc(C(O)CNC3CCN(c4cc(C(F)(F)F)c5c(N)c(C(=O)O)sc5n4)CC3)nc2)c1. The number of hydrogen-bond donors (Lipinski definition) is 5. The summed E-state index contributed by atoms with van der Waals surface area (Å²) in [7, 11) is 0. The van der Waals surface area contributed by atoms with Gasteiger partial charge in [0.1, 0.15) is 21.6 Å². The number of nitrogens with one attached hydrogen (secondary N) is 2. The molecule has 0 aliphatic carbocycles. The van der Waals surface area contributed by atoms with Crippen LogP contribution in [0.2, 0.25) is 0 Å². The topological polar surface area (TPSA) is 154 Å². The molecule has 5 rings (SSSR count). The number of aromatic carboxylic acids is 1. The van der Waals surface area contributed by atoms with Crippen molar-refractivity contribution in [2.75, 3.05) is 35.6 Å². The molecule has 4 aromatic rings. The second-order valence-electron chi connectivity index (χ2n) is 10.3. The van der Waals surface area contributed by atoms with Crippen LogP contribution in [0.3, 0.4) is 0 Å². The summed E-state index contributed by atoms with van der Waals surface area (Å²) in [5, 5.41) is 25.7. The number of aliphatic hydroxyl groups excluding tert-OH is 1. The van der Waals surface area contributed by atoms with Crippen molar-refractivity contribution in [3.8, 4) is 11.1 Å². The Hall–Kier alpha value is -4.27. The highest BCUT2D eigenvalue weighted by atomic mass is 32.1. The van der Waals surface area contributed by atoms with E-state index in [4.69, 9.17) is 5.73 Å². The van der Waals surface area contributed by atoms with Crippen LogP contribution in [-0.4, -0.2) is 57.7 Å². The lowest BCUT2D eigenvalue weighted by atomic mass is 10.0. The molecule has 1 amide bonds. The van der Waals surface area contributed by atoms with Crippen molar-refractivity contribution in [2.45, 2.75) is 38.1 Å². The first-order valence-corrected chi connectivity index (χ1v) is 14.3. The van der Waals surface area contributed by atoms with E-state index >= 15 is 0 Å². The number of alkyl halides is 3. The van der Waals surface area contributed by atoms with Crippen molar-refractivity contribution in [3.05, 3.63) is 64.8 Å². The summed E-state index contributed by atoms with van der Waals surface area (Å²) in [6, 6.07) is 11.9. The van der Waals surface area contributed by atoms with Gasteiger partial charge in [-0.05, 0) is 42.7 Å². The number of anilines is 3. The maximum absolute atomic E-state index is 13.9. The van der Waals surface area contributed by atoms with Crippen LogP contribution in [0.4, 0.5) is 30.4 Å². The van der Waals surface area contributed by atoms with Crippen LogP contribution < -0.4 is 21.3 Å². The van der Waals surface area contributed by atoms with Crippen LogP contribution in [0.5, 0.6) is 0 Å². The van der Waals surface area contributed by atoms with Gasteiger partial charge in [-0.1, -0.05) is 18.2 Å². The molecule has 1 atom stereocenters. The molecule has 6 N–H and O–H groups in total. The van der Waals surface area contributed by atoms with E-state index in [1.165, 1.54) is 6.92 Å². The number of rotatable bonds is 8. The zero-order valence-corrected chi connectivity index (χ0v) is 23.8. The smallest absolute Gasteiger partial charge is 0.417 e. The highest BCUT2D eigenvalue weighted by Gasteiger charge is 2.37. The second kappa shape index (κ2) is 12.1. The fraction of sp³-hybridized carbons (Fsp3) is 0.310. The lowest BCUT2D eigenvalue weighted by molar-refractivity contribution is -0.136. The van der Waals surface area contributed by atoms with Gasteiger partial charge < -0.3 is 31.5 Å². The average molecular weight is 615 g/mol. The largest absolute Gasteiger partial charge is 0.477 e. The number of carbonyl (C=O) groups is 2. The fourth-order valence-corrected chi connectivity index (χ4v) is 6.05. The molecule has 43 heavy (non-hydrogen) atoms. The fourth-order valence-electron chi connectivity index (χ4n) is 5.10. The highest BCUT2D eigenvalue weighted by molar-refractivity contribution is 7.21. The van der Waals surface area contributed by atoms with Crippen LogP contribution in [-0.2, 0) is 11.0 Å². The predicted molar refractivity (Wildman–Crippen MR) is 158 cm³/mol. The molecule has 1 saturated heterocycles. The van der Waals surface area contributed by atoms with Crippen molar-refractivity contribution in [1.82, 2.24) is 15.3 Å². The first-order valence-electron chi connectivity index (χ1n) is 13.4. The zero-order valence-electron chi connectivity index (χ0n) is 23.0. The Morgan fingerprint density at radius 2 is 1.91 bits per heavy atom. The highest BCUT2D eigenvalue weighted by Crippen LogP contribution is 2.43. The van der Waals surface area contributed by atoms with Crippen molar-refractivity contribution in [3.63, 3.8) is 0 Å². The van der Waals surface area contributed by atoms with Gasteiger partial charge in [-0.3, -0.25) is 9.78 Å². The maximum atomic E-state index is 13.9. The van der Waals surface area contributed by atoms with E-state index in [2.05, 4.69) is 20.6 Å². The predicted octanol–water partition coefficient (Wildman–Crippen LogP) is 4.91. The molecule has 1 fully saturated rings. The third-order valence-electron chi connectivity index (χ3n) is 7.25. The first-order chi connectivity index (χ1) is 20.4.